The van der Waals surface area contributed by atoms with Crippen molar-refractivity contribution in [1.82, 2.24) is 0 Å². The second kappa shape index (κ2) is 4.62. The van der Waals surface area contributed by atoms with E-state index in [2.05, 4.69) is 6.92 Å². The van der Waals surface area contributed by atoms with E-state index in [0.29, 0.717) is 5.69 Å². The Labute approximate surface area is 124 Å². The van der Waals surface area contributed by atoms with Gasteiger partial charge in [0.25, 0.3) is 0 Å². The van der Waals surface area contributed by atoms with Gasteiger partial charge in [0.2, 0.25) is 0 Å². The van der Waals surface area contributed by atoms with E-state index in [1.807, 2.05) is 32.0 Å². The Morgan fingerprint density at radius 1 is 1.05 bits per heavy atom. The van der Waals surface area contributed by atoms with Crippen molar-refractivity contribution in [2.75, 3.05) is 5.73 Å². The van der Waals surface area contributed by atoms with Gasteiger partial charge in [0.1, 0.15) is 17.2 Å². The molecule has 1 aliphatic rings. The minimum atomic E-state index is -0.426. The predicted molar refractivity (Wildman–Crippen MR) is 83.7 cm³/mol. The van der Waals surface area contributed by atoms with Crippen molar-refractivity contribution in [2.24, 2.45) is 0 Å². The second-order valence-electron chi connectivity index (χ2n) is 5.87. The van der Waals surface area contributed by atoms with Gasteiger partial charge in [-0.3, -0.25) is 0 Å². The average molecular weight is 283 g/mol. The van der Waals surface area contributed by atoms with E-state index in [1.165, 1.54) is 12.1 Å². The van der Waals surface area contributed by atoms with Crippen molar-refractivity contribution in [3.8, 4) is 5.75 Å². The molecule has 2 nitrogen and oxygen atoms in total. The molecule has 0 amide bonds. The zero-order valence-corrected chi connectivity index (χ0v) is 12.4. The number of benzene rings is 2. The van der Waals surface area contributed by atoms with E-state index in [1.54, 1.807) is 12.1 Å². The number of hydrogen-bond acceptors (Lipinski definition) is 2. The molecule has 2 aromatic rings. The summed E-state index contributed by atoms with van der Waals surface area (Å²) in [5, 5.41) is 0. The molecule has 0 saturated carbocycles. The molecule has 3 rings (SSSR count). The number of halogens is 1. The highest BCUT2D eigenvalue weighted by atomic mass is 19.1. The zero-order chi connectivity index (χ0) is 15.2. The number of anilines is 1. The standard InChI is InChI=1S/C18H18FNO/c1-11-17(12-4-6-13(19)7-5-12)15-9-8-14(20)10-16(15)21-18(11,2)3/h4-10H,20H2,1-3H3. The Morgan fingerprint density at radius 3 is 2.38 bits per heavy atom. The lowest BCUT2D eigenvalue weighted by Gasteiger charge is -2.36. The Hall–Kier alpha value is -2.29. The van der Waals surface area contributed by atoms with Crippen LogP contribution in [0.4, 0.5) is 10.1 Å². The largest absolute Gasteiger partial charge is 0.483 e. The van der Waals surface area contributed by atoms with Crippen LogP contribution in [-0.2, 0) is 0 Å². The topological polar surface area (TPSA) is 35.2 Å². The van der Waals surface area contributed by atoms with Crippen LogP contribution in [0.2, 0.25) is 0 Å². The van der Waals surface area contributed by atoms with Gasteiger partial charge in [0.05, 0.1) is 0 Å². The van der Waals surface area contributed by atoms with Crippen molar-refractivity contribution in [3.63, 3.8) is 0 Å². The molecule has 0 atom stereocenters. The zero-order valence-electron chi connectivity index (χ0n) is 12.4. The molecule has 2 aromatic carbocycles. The van der Waals surface area contributed by atoms with E-state index in [-0.39, 0.29) is 5.82 Å². The number of fused-ring (bicyclic) bond motifs is 1. The van der Waals surface area contributed by atoms with Crippen LogP contribution in [0.1, 0.15) is 31.9 Å². The van der Waals surface area contributed by atoms with Crippen molar-refractivity contribution >= 4 is 11.3 Å². The van der Waals surface area contributed by atoms with Crippen molar-refractivity contribution in [3.05, 3.63) is 65.0 Å². The lowest BCUT2D eigenvalue weighted by Crippen LogP contribution is -2.33. The van der Waals surface area contributed by atoms with E-state index in [0.717, 1.165) is 28.0 Å². The molecule has 0 unspecified atom stereocenters. The molecule has 108 valence electrons. The van der Waals surface area contributed by atoms with Gasteiger partial charge in [-0.1, -0.05) is 12.1 Å². The molecule has 2 N–H and O–H groups in total. The fourth-order valence-corrected chi connectivity index (χ4v) is 2.67. The summed E-state index contributed by atoms with van der Waals surface area (Å²) in [7, 11) is 0. The van der Waals surface area contributed by atoms with Gasteiger partial charge in [0, 0.05) is 17.3 Å². The van der Waals surface area contributed by atoms with Gasteiger partial charge in [-0.25, -0.2) is 4.39 Å². The van der Waals surface area contributed by atoms with E-state index in [4.69, 9.17) is 10.5 Å². The maximum Gasteiger partial charge on any atom is 0.130 e. The monoisotopic (exact) mass is 283 g/mol. The van der Waals surface area contributed by atoms with E-state index < -0.39 is 5.60 Å². The van der Waals surface area contributed by atoms with Gasteiger partial charge in [0.15, 0.2) is 0 Å². The van der Waals surface area contributed by atoms with Crippen LogP contribution in [0.3, 0.4) is 0 Å². The molecular weight excluding hydrogens is 265 g/mol. The third kappa shape index (κ3) is 2.29. The molecule has 21 heavy (non-hydrogen) atoms. The maximum absolute atomic E-state index is 13.2. The van der Waals surface area contributed by atoms with Crippen LogP contribution in [-0.4, -0.2) is 5.60 Å². The van der Waals surface area contributed by atoms with Crippen LogP contribution >= 0.6 is 0 Å². The summed E-state index contributed by atoms with van der Waals surface area (Å²) in [5.74, 6) is 0.533. The predicted octanol–water partition coefficient (Wildman–Crippen LogP) is 4.40. The van der Waals surface area contributed by atoms with Gasteiger partial charge in [-0.2, -0.15) is 0 Å². The Kier molecular flexibility index (Phi) is 3.01. The fraction of sp³-hybridized carbons (Fsp3) is 0.222. The number of nitrogen functional groups attached to an aromatic ring is 1. The first-order valence-electron chi connectivity index (χ1n) is 6.95. The van der Waals surface area contributed by atoms with Crippen LogP contribution in [0.5, 0.6) is 5.75 Å². The normalized spacial score (nSPS) is 16.4. The summed E-state index contributed by atoms with van der Waals surface area (Å²) in [5.41, 5.74) is 10.3. The van der Waals surface area contributed by atoms with Crippen LogP contribution in [0, 0.1) is 5.82 Å². The molecule has 3 heteroatoms. The summed E-state index contributed by atoms with van der Waals surface area (Å²) < 4.78 is 19.3. The summed E-state index contributed by atoms with van der Waals surface area (Å²) in [6.45, 7) is 6.11. The number of ether oxygens (including phenoxy) is 1. The van der Waals surface area contributed by atoms with Crippen LogP contribution < -0.4 is 10.5 Å². The highest BCUT2D eigenvalue weighted by Crippen LogP contribution is 2.44. The lowest BCUT2D eigenvalue weighted by atomic mass is 9.83. The van der Waals surface area contributed by atoms with Crippen LogP contribution in [0.15, 0.2) is 48.0 Å². The van der Waals surface area contributed by atoms with Gasteiger partial charge in [-0.15, -0.1) is 0 Å². The maximum atomic E-state index is 13.2. The Bertz CT molecular complexity index is 729. The Morgan fingerprint density at radius 2 is 1.71 bits per heavy atom. The Balaban J connectivity index is 2.26. The fourth-order valence-electron chi connectivity index (χ4n) is 2.67. The van der Waals surface area contributed by atoms with Crippen LogP contribution in [0.25, 0.3) is 5.57 Å². The van der Waals surface area contributed by atoms with Gasteiger partial charge < -0.3 is 10.5 Å². The van der Waals surface area contributed by atoms with Crippen molar-refractivity contribution in [2.45, 2.75) is 26.4 Å². The molecular formula is C18H18FNO. The summed E-state index contributed by atoms with van der Waals surface area (Å²) in [6, 6.07) is 12.2. The highest BCUT2D eigenvalue weighted by molar-refractivity contribution is 5.87. The summed E-state index contributed by atoms with van der Waals surface area (Å²) in [4.78, 5) is 0. The third-order valence-electron chi connectivity index (χ3n) is 4.05. The SMILES string of the molecule is CC1=C(c2ccc(F)cc2)c2ccc(N)cc2OC1(C)C. The minimum Gasteiger partial charge on any atom is -0.483 e. The molecule has 0 aromatic heterocycles. The lowest BCUT2D eigenvalue weighted by molar-refractivity contribution is 0.145. The average Bonchev–Trinajstić information content (AvgIpc) is 2.41. The first-order valence-corrected chi connectivity index (χ1v) is 6.95. The van der Waals surface area contributed by atoms with Gasteiger partial charge in [-0.05, 0) is 61.7 Å². The summed E-state index contributed by atoms with van der Waals surface area (Å²) >= 11 is 0. The van der Waals surface area contributed by atoms with Gasteiger partial charge >= 0.3 is 0 Å². The van der Waals surface area contributed by atoms with E-state index in [9.17, 15) is 4.39 Å². The molecule has 0 radical (unpaired) electrons. The van der Waals surface area contributed by atoms with E-state index >= 15 is 0 Å². The van der Waals surface area contributed by atoms with Crippen molar-refractivity contribution in [1.29, 1.82) is 0 Å². The highest BCUT2D eigenvalue weighted by Gasteiger charge is 2.32. The molecule has 0 bridgehead atoms. The molecule has 0 spiro atoms. The molecule has 1 aliphatic heterocycles. The quantitative estimate of drug-likeness (QED) is 0.787. The van der Waals surface area contributed by atoms with Crippen molar-refractivity contribution < 1.29 is 9.13 Å². The molecule has 0 fully saturated rings. The third-order valence-corrected chi connectivity index (χ3v) is 4.05. The smallest absolute Gasteiger partial charge is 0.130 e. The first kappa shape index (κ1) is 13.7. The summed E-state index contributed by atoms with van der Waals surface area (Å²) in [6.07, 6.45) is 0. The number of rotatable bonds is 1. The molecule has 1 heterocycles. The molecule has 0 saturated heterocycles. The number of hydrogen-bond donors (Lipinski definition) is 1. The minimum absolute atomic E-state index is 0.235. The second-order valence-corrected chi connectivity index (χ2v) is 5.87. The first-order chi connectivity index (χ1) is 9.88. The number of nitrogens with two attached hydrogens (primary N) is 1. The molecule has 0 aliphatic carbocycles.